The summed E-state index contributed by atoms with van der Waals surface area (Å²) in [5, 5.41) is 0.177. The molecule has 18 heavy (non-hydrogen) atoms. The van der Waals surface area contributed by atoms with E-state index in [1.165, 1.54) is 22.5 Å². The summed E-state index contributed by atoms with van der Waals surface area (Å²) >= 11 is 11.7. The molecule has 2 N–H and O–H groups in total. The number of nitrogen functional groups attached to an aromatic ring is 1. The molecule has 100 valence electrons. The highest BCUT2D eigenvalue weighted by Gasteiger charge is 2.26. The molecule has 0 saturated heterocycles. The van der Waals surface area contributed by atoms with Gasteiger partial charge in [-0.15, -0.1) is 6.58 Å². The third kappa shape index (κ3) is 2.80. The molecular weight excluding hydrogens is 295 g/mol. The molecule has 1 rings (SSSR count). The Balaban J connectivity index is 3.37. The number of hydrogen-bond donors (Lipinski definition) is 1. The minimum atomic E-state index is -3.69. The number of nitrogens with two attached hydrogens (primary N) is 1. The van der Waals surface area contributed by atoms with E-state index in [4.69, 9.17) is 28.9 Å². The molecule has 1 aromatic carbocycles. The molecule has 0 aliphatic heterocycles. The van der Waals surface area contributed by atoms with Crippen molar-refractivity contribution in [1.82, 2.24) is 4.31 Å². The van der Waals surface area contributed by atoms with Crippen LogP contribution in [-0.4, -0.2) is 25.8 Å². The summed E-state index contributed by atoms with van der Waals surface area (Å²) in [6, 6.07) is 2.76. The fraction of sp³-hybridized carbons (Fsp3) is 0.273. The highest BCUT2D eigenvalue weighted by molar-refractivity contribution is 7.89. The molecule has 0 unspecified atom stereocenters. The Morgan fingerprint density at radius 1 is 1.44 bits per heavy atom. The van der Waals surface area contributed by atoms with Crippen LogP contribution in [0.3, 0.4) is 0 Å². The van der Waals surface area contributed by atoms with E-state index in [0.717, 1.165) is 0 Å². The number of hydrogen-bond acceptors (Lipinski definition) is 3. The van der Waals surface area contributed by atoms with Crippen molar-refractivity contribution < 1.29 is 8.42 Å². The van der Waals surface area contributed by atoms with Gasteiger partial charge in [0.1, 0.15) is 4.90 Å². The molecule has 0 spiro atoms. The van der Waals surface area contributed by atoms with Crippen LogP contribution in [0, 0.1) is 0 Å². The lowest BCUT2D eigenvalue weighted by atomic mass is 10.3. The van der Waals surface area contributed by atoms with Gasteiger partial charge in [0.05, 0.1) is 15.7 Å². The molecule has 0 amide bonds. The normalized spacial score (nSPS) is 11.8. The van der Waals surface area contributed by atoms with Gasteiger partial charge in [-0.25, -0.2) is 8.42 Å². The summed E-state index contributed by atoms with van der Waals surface area (Å²) in [5.74, 6) is 0. The molecule has 0 saturated carbocycles. The fourth-order valence-electron chi connectivity index (χ4n) is 1.43. The second kappa shape index (κ2) is 5.93. The quantitative estimate of drug-likeness (QED) is 0.672. The Morgan fingerprint density at radius 2 is 2.06 bits per heavy atom. The van der Waals surface area contributed by atoms with Crippen LogP contribution < -0.4 is 5.73 Å². The van der Waals surface area contributed by atoms with Gasteiger partial charge in [-0.2, -0.15) is 4.31 Å². The maximum Gasteiger partial charge on any atom is 0.244 e. The fourth-order valence-corrected chi connectivity index (χ4v) is 3.59. The van der Waals surface area contributed by atoms with Crippen molar-refractivity contribution in [2.45, 2.75) is 11.8 Å². The Hall–Kier alpha value is -0.750. The third-order valence-electron chi connectivity index (χ3n) is 2.39. The summed E-state index contributed by atoms with van der Waals surface area (Å²) in [4.78, 5) is -0.0465. The average molecular weight is 309 g/mol. The van der Waals surface area contributed by atoms with Crippen molar-refractivity contribution in [3.63, 3.8) is 0 Å². The van der Waals surface area contributed by atoms with Crippen LogP contribution in [0.1, 0.15) is 6.92 Å². The van der Waals surface area contributed by atoms with Crippen LogP contribution >= 0.6 is 23.2 Å². The van der Waals surface area contributed by atoms with Crippen molar-refractivity contribution in [3.05, 3.63) is 34.8 Å². The van der Waals surface area contributed by atoms with Gasteiger partial charge < -0.3 is 5.73 Å². The van der Waals surface area contributed by atoms with Gasteiger partial charge in [0, 0.05) is 13.1 Å². The van der Waals surface area contributed by atoms with E-state index in [2.05, 4.69) is 6.58 Å². The van der Waals surface area contributed by atoms with Crippen molar-refractivity contribution in [2.24, 2.45) is 0 Å². The molecule has 0 fully saturated rings. The van der Waals surface area contributed by atoms with Gasteiger partial charge in [0.15, 0.2) is 0 Å². The molecule has 0 aliphatic carbocycles. The molecule has 7 heteroatoms. The standard InChI is InChI=1S/C11H14Cl2N2O2S/c1-3-7-15(4-2)18(16,17)9-6-5-8(12)11(14)10(9)13/h3,5-6H,1,4,7,14H2,2H3. The van der Waals surface area contributed by atoms with Crippen LogP contribution in [0.2, 0.25) is 10.0 Å². The highest BCUT2D eigenvalue weighted by atomic mass is 35.5. The van der Waals surface area contributed by atoms with Crippen LogP contribution in [0.5, 0.6) is 0 Å². The van der Waals surface area contributed by atoms with Gasteiger partial charge in [-0.05, 0) is 12.1 Å². The Bertz CT molecular complexity index is 558. The zero-order valence-electron chi connectivity index (χ0n) is 9.86. The van der Waals surface area contributed by atoms with Gasteiger partial charge in [0.25, 0.3) is 0 Å². The van der Waals surface area contributed by atoms with E-state index in [1.807, 2.05) is 0 Å². The molecule has 0 aromatic heterocycles. The number of benzene rings is 1. The Morgan fingerprint density at radius 3 is 2.56 bits per heavy atom. The molecule has 0 atom stereocenters. The van der Waals surface area contributed by atoms with Crippen LogP contribution in [0.4, 0.5) is 5.69 Å². The second-order valence-corrected chi connectivity index (χ2v) is 6.21. The van der Waals surface area contributed by atoms with E-state index in [1.54, 1.807) is 6.92 Å². The van der Waals surface area contributed by atoms with E-state index in [0.29, 0.717) is 6.54 Å². The zero-order valence-corrected chi connectivity index (χ0v) is 12.2. The first-order valence-corrected chi connectivity index (χ1v) is 7.40. The molecule has 0 aliphatic rings. The number of nitrogens with zero attached hydrogens (tertiary/aromatic N) is 1. The number of anilines is 1. The largest absolute Gasteiger partial charge is 0.396 e. The number of halogens is 2. The number of sulfonamides is 1. The van der Waals surface area contributed by atoms with Crippen molar-refractivity contribution >= 4 is 38.9 Å². The second-order valence-electron chi connectivity index (χ2n) is 3.52. The van der Waals surface area contributed by atoms with Crippen LogP contribution in [-0.2, 0) is 10.0 Å². The Labute approximate surface area is 117 Å². The van der Waals surface area contributed by atoms with Crippen molar-refractivity contribution in [2.75, 3.05) is 18.8 Å². The minimum absolute atomic E-state index is 0.0465. The lowest BCUT2D eigenvalue weighted by molar-refractivity contribution is 0.460. The summed E-state index contributed by atoms with van der Waals surface area (Å²) in [6.45, 7) is 5.77. The van der Waals surface area contributed by atoms with Gasteiger partial charge in [-0.3, -0.25) is 0 Å². The molecule has 1 aromatic rings. The average Bonchev–Trinajstić information content (AvgIpc) is 2.32. The SMILES string of the molecule is C=CCN(CC)S(=O)(=O)c1ccc(Cl)c(N)c1Cl. The summed E-state index contributed by atoms with van der Waals surface area (Å²) in [6.07, 6.45) is 1.51. The summed E-state index contributed by atoms with van der Waals surface area (Å²) < 4.78 is 25.9. The maximum atomic E-state index is 12.3. The van der Waals surface area contributed by atoms with Crippen molar-refractivity contribution in [1.29, 1.82) is 0 Å². The maximum absolute atomic E-state index is 12.3. The Kier molecular flexibility index (Phi) is 5.04. The first-order valence-electron chi connectivity index (χ1n) is 5.20. The summed E-state index contributed by atoms with van der Waals surface area (Å²) in [7, 11) is -3.69. The third-order valence-corrected chi connectivity index (χ3v) is 5.23. The van der Waals surface area contributed by atoms with Crippen LogP contribution in [0.25, 0.3) is 0 Å². The van der Waals surface area contributed by atoms with Gasteiger partial charge >= 0.3 is 0 Å². The first kappa shape index (κ1) is 15.3. The number of likely N-dealkylation sites (N-methyl/N-ethyl adjacent to an activating group) is 1. The molecular formula is C11H14Cl2N2O2S. The van der Waals surface area contributed by atoms with Crippen molar-refractivity contribution in [3.8, 4) is 0 Å². The lowest BCUT2D eigenvalue weighted by Crippen LogP contribution is -2.31. The van der Waals surface area contributed by atoms with Gasteiger partial charge in [0.2, 0.25) is 10.0 Å². The minimum Gasteiger partial charge on any atom is -0.396 e. The lowest BCUT2D eigenvalue weighted by Gasteiger charge is -2.20. The van der Waals surface area contributed by atoms with E-state index >= 15 is 0 Å². The molecule has 0 radical (unpaired) electrons. The molecule has 0 bridgehead atoms. The topological polar surface area (TPSA) is 63.4 Å². The first-order chi connectivity index (χ1) is 8.36. The van der Waals surface area contributed by atoms with E-state index in [9.17, 15) is 8.42 Å². The predicted molar refractivity (Wildman–Crippen MR) is 75.5 cm³/mol. The zero-order chi connectivity index (χ0) is 13.9. The van der Waals surface area contributed by atoms with E-state index < -0.39 is 10.0 Å². The summed E-state index contributed by atoms with van der Waals surface area (Å²) in [5.41, 5.74) is 5.69. The van der Waals surface area contributed by atoms with Gasteiger partial charge in [-0.1, -0.05) is 36.2 Å². The monoisotopic (exact) mass is 308 g/mol. The molecule has 0 heterocycles. The highest BCUT2D eigenvalue weighted by Crippen LogP contribution is 2.34. The van der Waals surface area contributed by atoms with Crippen LogP contribution in [0.15, 0.2) is 29.7 Å². The molecule has 4 nitrogen and oxygen atoms in total. The smallest absolute Gasteiger partial charge is 0.244 e. The number of rotatable bonds is 5. The predicted octanol–water partition coefficient (Wildman–Crippen LogP) is 2.77. The van der Waals surface area contributed by atoms with E-state index in [-0.39, 0.29) is 27.2 Å².